The van der Waals surface area contributed by atoms with E-state index in [9.17, 15) is 10.2 Å². The standard InChI is InChI=1S/C10H11BrO2/c11-7-2-1-3-8(13)9(7)10(6-12)4-5-10/h1-3,12-13H,4-6H2. The molecule has 0 spiro atoms. The van der Waals surface area contributed by atoms with E-state index in [1.54, 1.807) is 12.1 Å². The topological polar surface area (TPSA) is 40.5 Å². The van der Waals surface area contributed by atoms with Crippen LogP contribution in [0, 0.1) is 0 Å². The summed E-state index contributed by atoms with van der Waals surface area (Å²) in [5.41, 5.74) is 0.682. The molecule has 0 atom stereocenters. The Balaban J connectivity index is 2.50. The minimum Gasteiger partial charge on any atom is -0.508 e. The van der Waals surface area contributed by atoms with Crippen molar-refractivity contribution in [2.75, 3.05) is 6.61 Å². The van der Waals surface area contributed by atoms with E-state index >= 15 is 0 Å². The van der Waals surface area contributed by atoms with E-state index in [0.29, 0.717) is 0 Å². The summed E-state index contributed by atoms with van der Waals surface area (Å²) in [5.74, 6) is 0.279. The van der Waals surface area contributed by atoms with Gasteiger partial charge in [-0.1, -0.05) is 22.0 Å². The first-order chi connectivity index (χ1) is 6.19. The number of benzene rings is 1. The van der Waals surface area contributed by atoms with Crippen molar-refractivity contribution in [3.8, 4) is 5.75 Å². The maximum atomic E-state index is 9.66. The predicted octanol–water partition coefficient (Wildman–Crippen LogP) is 2.18. The molecule has 0 bridgehead atoms. The monoisotopic (exact) mass is 242 g/mol. The Kier molecular flexibility index (Phi) is 2.08. The van der Waals surface area contributed by atoms with Crippen LogP contribution in [0.1, 0.15) is 18.4 Å². The fourth-order valence-electron chi connectivity index (χ4n) is 1.68. The van der Waals surface area contributed by atoms with Crippen molar-refractivity contribution in [3.05, 3.63) is 28.2 Å². The zero-order valence-electron chi connectivity index (χ0n) is 7.13. The van der Waals surface area contributed by atoms with Gasteiger partial charge in [-0.05, 0) is 25.0 Å². The molecule has 1 aromatic rings. The molecular formula is C10H11BrO2. The first kappa shape index (κ1) is 9.03. The highest BCUT2D eigenvalue weighted by Crippen LogP contribution is 2.52. The van der Waals surface area contributed by atoms with E-state index in [1.807, 2.05) is 6.07 Å². The van der Waals surface area contributed by atoms with Crippen LogP contribution in [0.5, 0.6) is 5.75 Å². The van der Waals surface area contributed by atoms with Gasteiger partial charge in [-0.25, -0.2) is 0 Å². The Morgan fingerprint density at radius 2 is 2.08 bits per heavy atom. The number of halogens is 1. The van der Waals surface area contributed by atoms with Gasteiger partial charge in [-0.2, -0.15) is 0 Å². The van der Waals surface area contributed by atoms with E-state index in [1.165, 1.54) is 0 Å². The van der Waals surface area contributed by atoms with Crippen LogP contribution in [-0.2, 0) is 5.41 Å². The summed E-state index contributed by atoms with van der Waals surface area (Å²) in [5, 5.41) is 18.9. The number of hydrogen-bond donors (Lipinski definition) is 2. The summed E-state index contributed by atoms with van der Waals surface area (Å²) < 4.78 is 0.888. The van der Waals surface area contributed by atoms with Crippen molar-refractivity contribution in [2.45, 2.75) is 18.3 Å². The van der Waals surface area contributed by atoms with Crippen molar-refractivity contribution in [3.63, 3.8) is 0 Å². The maximum Gasteiger partial charge on any atom is 0.120 e. The van der Waals surface area contributed by atoms with Crippen molar-refractivity contribution < 1.29 is 10.2 Å². The summed E-state index contributed by atoms with van der Waals surface area (Å²) in [7, 11) is 0. The SMILES string of the molecule is OCC1(c2c(O)cccc2Br)CC1. The minimum atomic E-state index is -0.176. The van der Waals surface area contributed by atoms with Crippen LogP contribution in [0.3, 0.4) is 0 Å². The molecule has 13 heavy (non-hydrogen) atoms. The number of hydrogen-bond acceptors (Lipinski definition) is 2. The molecule has 70 valence electrons. The zero-order valence-corrected chi connectivity index (χ0v) is 8.71. The minimum absolute atomic E-state index is 0.114. The summed E-state index contributed by atoms with van der Waals surface area (Å²) in [4.78, 5) is 0. The van der Waals surface area contributed by atoms with Crippen molar-refractivity contribution >= 4 is 15.9 Å². The molecule has 1 aliphatic carbocycles. The molecule has 1 aromatic carbocycles. The van der Waals surface area contributed by atoms with Gasteiger partial charge in [0, 0.05) is 15.5 Å². The number of phenolic OH excluding ortho intramolecular Hbond substituents is 1. The molecule has 0 unspecified atom stereocenters. The van der Waals surface area contributed by atoms with Gasteiger partial charge in [-0.3, -0.25) is 0 Å². The molecule has 0 aromatic heterocycles. The Morgan fingerprint density at radius 1 is 1.38 bits per heavy atom. The van der Waals surface area contributed by atoms with Gasteiger partial charge in [0.25, 0.3) is 0 Å². The van der Waals surface area contributed by atoms with E-state index < -0.39 is 0 Å². The lowest BCUT2D eigenvalue weighted by Gasteiger charge is -2.15. The maximum absolute atomic E-state index is 9.66. The van der Waals surface area contributed by atoms with E-state index in [-0.39, 0.29) is 17.8 Å². The number of aromatic hydroxyl groups is 1. The van der Waals surface area contributed by atoms with Gasteiger partial charge >= 0.3 is 0 Å². The molecule has 1 aliphatic rings. The molecule has 0 heterocycles. The van der Waals surface area contributed by atoms with Gasteiger partial charge in [0.2, 0.25) is 0 Å². The molecule has 0 saturated heterocycles. The van der Waals surface area contributed by atoms with Gasteiger partial charge in [-0.15, -0.1) is 0 Å². The quantitative estimate of drug-likeness (QED) is 0.835. The molecule has 1 saturated carbocycles. The molecule has 2 nitrogen and oxygen atoms in total. The van der Waals surface area contributed by atoms with Crippen molar-refractivity contribution in [2.24, 2.45) is 0 Å². The van der Waals surface area contributed by atoms with Crippen LogP contribution in [0.25, 0.3) is 0 Å². The molecule has 0 amide bonds. The Morgan fingerprint density at radius 3 is 2.54 bits per heavy atom. The van der Waals surface area contributed by atoms with Gasteiger partial charge in [0.05, 0.1) is 6.61 Å². The predicted molar refractivity (Wildman–Crippen MR) is 53.8 cm³/mol. The van der Waals surface area contributed by atoms with Gasteiger partial charge in [0.15, 0.2) is 0 Å². The molecule has 0 radical (unpaired) electrons. The lowest BCUT2D eigenvalue weighted by atomic mass is 9.96. The Labute approximate surface area is 85.3 Å². The van der Waals surface area contributed by atoms with Crippen molar-refractivity contribution in [1.29, 1.82) is 0 Å². The molecule has 3 heteroatoms. The normalized spacial score (nSPS) is 18.6. The highest BCUT2D eigenvalue weighted by atomic mass is 79.9. The van der Waals surface area contributed by atoms with Crippen LogP contribution in [-0.4, -0.2) is 16.8 Å². The van der Waals surface area contributed by atoms with Crippen LogP contribution < -0.4 is 0 Å². The number of rotatable bonds is 2. The molecule has 2 rings (SSSR count). The Hall–Kier alpha value is -0.540. The fourth-order valence-corrected chi connectivity index (χ4v) is 2.45. The molecule has 2 N–H and O–H groups in total. The van der Waals surface area contributed by atoms with Crippen LogP contribution in [0.4, 0.5) is 0 Å². The highest BCUT2D eigenvalue weighted by Gasteiger charge is 2.46. The summed E-state index contributed by atoms with van der Waals surface area (Å²) >= 11 is 3.39. The van der Waals surface area contributed by atoms with Gasteiger partial charge < -0.3 is 10.2 Å². The number of aliphatic hydroxyl groups is 1. The number of aliphatic hydroxyl groups excluding tert-OH is 1. The third-order valence-corrected chi connectivity index (χ3v) is 3.34. The van der Waals surface area contributed by atoms with Crippen LogP contribution in [0.15, 0.2) is 22.7 Å². The van der Waals surface area contributed by atoms with Crippen molar-refractivity contribution in [1.82, 2.24) is 0 Å². The molecular weight excluding hydrogens is 232 g/mol. The molecule has 0 aliphatic heterocycles. The van der Waals surface area contributed by atoms with Gasteiger partial charge in [0.1, 0.15) is 5.75 Å². The largest absolute Gasteiger partial charge is 0.508 e. The first-order valence-electron chi connectivity index (χ1n) is 4.28. The average Bonchev–Trinajstić information content (AvgIpc) is 2.85. The fraction of sp³-hybridized carbons (Fsp3) is 0.400. The lowest BCUT2D eigenvalue weighted by Crippen LogP contribution is -2.12. The summed E-state index contributed by atoms with van der Waals surface area (Å²) in [6.45, 7) is 0.114. The second-order valence-electron chi connectivity index (χ2n) is 3.57. The second kappa shape index (κ2) is 3.00. The third-order valence-electron chi connectivity index (χ3n) is 2.68. The van der Waals surface area contributed by atoms with Crippen LogP contribution in [0.2, 0.25) is 0 Å². The second-order valence-corrected chi connectivity index (χ2v) is 4.43. The third kappa shape index (κ3) is 1.36. The zero-order chi connectivity index (χ0) is 9.47. The van der Waals surface area contributed by atoms with E-state index in [0.717, 1.165) is 22.9 Å². The van der Waals surface area contributed by atoms with E-state index in [4.69, 9.17) is 0 Å². The first-order valence-corrected chi connectivity index (χ1v) is 5.08. The summed E-state index contributed by atoms with van der Waals surface area (Å²) in [6.07, 6.45) is 1.92. The number of phenols is 1. The Bertz CT molecular complexity index is 311. The highest BCUT2D eigenvalue weighted by molar-refractivity contribution is 9.10. The molecule has 1 fully saturated rings. The summed E-state index contributed by atoms with van der Waals surface area (Å²) in [6, 6.07) is 5.34. The average molecular weight is 243 g/mol. The smallest absolute Gasteiger partial charge is 0.120 e. The lowest BCUT2D eigenvalue weighted by molar-refractivity contribution is 0.251. The van der Waals surface area contributed by atoms with E-state index in [2.05, 4.69) is 15.9 Å². The van der Waals surface area contributed by atoms with Crippen LogP contribution >= 0.6 is 15.9 Å².